The molecule has 29 heavy (non-hydrogen) atoms. The molecule has 1 heterocycles. The van der Waals surface area contributed by atoms with E-state index in [1.165, 1.54) is 17.0 Å². The number of amides is 2. The van der Waals surface area contributed by atoms with Crippen molar-refractivity contribution in [2.75, 3.05) is 7.05 Å². The van der Waals surface area contributed by atoms with Gasteiger partial charge in [0.25, 0.3) is 5.69 Å². The van der Waals surface area contributed by atoms with Crippen LogP contribution < -0.4 is 5.32 Å². The standard InChI is InChI=1S/C21H23N5O3/c1-15(17-7-9-19(10-8-17)25-12-11-22-14-25)23-21(27)24(3)16(2)18-5-4-6-20(13-18)26(28)29/h4-16H,1-3H3,(H,23,27)/t15-,16-/m1/s1. The van der Waals surface area contributed by atoms with Crippen molar-refractivity contribution >= 4 is 11.7 Å². The summed E-state index contributed by atoms with van der Waals surface area (Å²) in [6.07, 6.45) is 5.31. The van der Waals surface area contributed by atoms with Crippen molar-refractivity contribution in [2.24, 2.45) is 0 Å². The molecule has 3 rings (SSSR count). The number of nitrogens with one attached hydrogen (secondary N) is 1. The Morgan fingerprint density at radius 3 is 2.52 bits per heavy atom. The highest BCUT2D eigenvalue weighted by molar-refractivity contribution is 5.75. The molecule has 0 radical (unpaired) electrons. The Morgan fingerprint density at radius 1 is 1.17 bits per heavy atom. The third-order valence-corrected chi connectivity index (χ3v) is 5.00. The number of nitrogens with zero attached hydrogens (tertiary/aromatic N) is 4. The van der Waals surface area contributed by atoms with Gasteiger partial charge < -0.3 is 14.8 Å². The predicted octanol–water partition coefficient (Wildman–Crippen LogP) is 4.24. The van der Waals surface area contributed by atoms with E-state index in [1.54, 1.807) is 31.7 Å². The number of aromatic nitrogens is 2. The molecule has 0 aliphatic rings. The largest absolute Gasteiger partial charge is 0.331 e. The highest BCUT2D eigenvalue weighted by Crippen LogP contribution is 2.24. The zero-order valence-electron chi connectivity index (χ0n) is 16.5. The molecule has 8 heteroatoms. The number of carbonyl (C=O) groups is 1. The van der Waals surface area contributed by atoms with E-state index in [0.29, 0.717) is 5.56 Å². The van der Waals surface area contributed by atoms with E-state index in [1.807, 2.05) is 48.9 Å². The van der Waals surface area contributed by atoms with Gasteiger partial charge in [0.15, 0.2) is 0 Å². The highest BCUT2D eigenvalue weighted by Gasteiger charge is 2.21. The fourth-order valence-corrected chi connectivity index (χ4v) is 3.02. The van der Waals surface area contributed by atoms with Crippen LogP contribution >= 0.6 is 0 Å². The van der Waals surface area contributed by atoms with Gasteiger partial charge in [0.2, 0.25) is 0 Å². The lowest BCUT2D eigenvalue weighted by Gasteiger charge is -2.27. The summed E-state index contributed by atoms with van der Waals surface area (Å²) in [5.41, 5.74) is 2.67. The van der Waals surface area contributed by atoms with Crippen LogP contribution in [0.5, 0.6) is 0 Å². The predicted molar refractivity (Wildman–Crippen MR) is 110 cm³/mol. The van der Waals surface area contributed by atoms with Gasteiger partial charge in [-0.1, -0.05) is 24.3 Å². The minimum absolute atomic E-state index is 0.00880. The van der Waals surface area contributed by atoms with Crippen LogP contribution in [0.2, 0.25) is 0 Å². The number of nitro groups is 1. The SMILES string of the molecule is C[C@H](c1cccc([N+](=O)[O-])c1)N(C)C(=O)N[C@H](C)c1ccc(-n2ccnc2)cc1. The Morgan fingerprint density at radius 2 is 1.90 bits per heavy atom. The lowest BCUT2D eigenvalue weighted by atomic mass is 10.1. The summed E-state index contributed by atoms with van der Waals surface area (Å²) >= 11 is 0. The van der Waals surface area contributed by atoms with Gasteiger partial charge in [0.05, 0.1) is 23.3 Å². The first kappa shape index (κ1) is 20.1. The van der Waals surface area contributed by atoms with Gasteiger partial charge in [-0.15, -0.1) is 0 Å². The molecule has 0 fully saturated rings. The van der Waals surface area contributed by atoms with E-state index in [4.69, 9.17) is 0 Å². The average Bonchev–Trinajstić information content (AvgIpc) is 3.27. The van der Waals surface area contributed by atoms with Gasteiger partial charge in [0.1, 0.15) is 0 Å². The summed E-state index contributed by atoms with van der Waals surface area (Å²) in [7, 11) is 1.67. The van der Waals surface area contributed by atoms with Crippen LogP contribution in [0.1, 0.15) is 37.1 Å². The Bertz CT molecular complexity index is 986. The topological polar surface area (TPSA) is 93.3 Å². The van der Waals surface area contributed by atoms with Crippen molar-refractivity contribution in [1.29, 1.82) is 0 Å². The first-order chi connectivity index (χ1) is 13.9. The van der Waals surface area contributed by atoms with Gasteiger partial charge >= 0.3 is 6.03 Å². The molecule has 0 bridgehead atoms. The molecule has 1 N–H and O–H groups in total. The summed E-state index contributed by atoms with van der Waals surface area (Å²) in [4.78, 5) is 28.8. The lowest BCUT2D eigenvalue weighted by Crippen LogP contribution is -2.39. The van der Waals surface area contributed by atoms with Crippen LogP contribution in [0.25, 0.3) is 5.69 Å². The first-order valence-electron chi connectivity index (χ1n) is 9.23. The molecular formula is C21H23N5O3. The second-order valence-electron chi connectivity index (χ2n) is 6.87. The minimum Gasteiger partial charge on any atom is -0.331 e. The molecule has 3 aromatic rings. The summed E-state index contributed by atoms with van der Waals surface area (Å²) in [6.45, 7) is 3.75. The fourth-order valence-electron chi connectivity index (χ4n) is 3.02. The Balaban J connectivity index is 1.65. The molecule has 0 saturated carbocycles. The number of benzene rings is 2. The smallest absolute Gasteiger partial charge is 0.318 e. The summed E-state index contributed by atoms with van der Waals surface area (Å²) in [5.74, 6) is 0. The Kier molecular flexibility index (Phi) is 5.92. The van der Waals surface area contributed by atoms with Crippen LogP contribution in [0, 0.1) is 10.1 Å². The number of hydrogen-bond acceptors (Lipinski definition) is 4. The molecule has 0 aliphatic carbocycles. The maximum Gasteiger partial charge on any atom is 0.318 e. The monoisotopic (exact) mass is 393 g/mol. The van der Waals surface area contributed by atoms with E-state index in [2.05, 4.69) is 10.3 Å². The number of non-ortho nitro benzene ring substituents is 1. The molecule has 0 saturated heterocycles. The molecule has 2 atom stereocenters. The molecule has 8 nitrogen and oxygen atoms in total. The van der Waals surface area contributed by atoms with E-state index < -0.39 is 4.92 Å². The van der Waals surface area contributed by atoms with Crippen molar-refractivity contribution < 1.29 is 9.72 Å². The van der Waals surface area contributed by atoms with Gasteiger partial charge in [0, 0.05) is 37.3 Å². The second kappa shape index (κ2) is 8.55. The van der Waals surface area contributed by atoms with Crippen LogP contribution in [0.15, 0.2) is 67.3 Å². The molecule has 0 aliphatic heterocycles. The number of rotatable bonds is 6. The van der Waals surface area contributed by atoms with Gasteiger partial charge in [-0.3, -0.25) is 10.1 Å². The number of urea groups is 1. The normalized spacial score (nSPS) is 12.8. The van der Waals surface area contributed by atoms with Crippen molar-refractivity contribution in [3.05, 3.63) is 88.5 Å². The number of nitro benzene ring substituents is 1. The third-order valence-electron chi connectivity index (χ3n) is 5.00. The van der Waals surface area contributed by atoms with Crippen molar-refractivity contribution in [2.45, 2.75) is 25.9 Å². The Labute approximate surface area is 168 Å². The highest BCUT2D eigenvalue weighted by atomic mass is 16.6. The maximum atomic E-state index is 12.7. The summed E-state index contributed by atoms with van der Waals surface area (Å²) in [5, 5.41) is 14.0. The lowest BCUT2D eigenvalue weighted by molar-refractivity contribution is -0.384. The van der Waals surface area contributed by atoms with Crippen LogP contribution in [-0.2, 0) is 0 Å². The summed E-state index contributed by atoms with van der Waals surface area (Å²) in [6, 6.07) is 13.4. The molecule has 0 spiro atoms. The molecule has 2 aromatic carbocycles. The molecular weight excluding hydrogens is 370 g/mol. The van der Waals surface area contributed by atoms with E-state index in [0.717, 1.165) is 11.3 Å². The third kappa shape index (κ3) is 4.60. The van der Waals surface area contributed by atoms with Crippen LogP contribution in [0.3, 0.4) is 0 Å². The molecule has 0 unspecified atom stereocenters. The van der Waals surface area contributed by atoms with Crippen molar-refractivity contribution in [3.8, 4) is 5.69 Å². The quantitative estimate of drug-likeness (QED) is 0.501. The zero-order valence-corrected chi connectivity index (χ0v) is 16.5. The van der Waals surface area contributed by atoms with E-state index in [9.17, 15) is 14.9 Å². The molecule has 1 aromatic heterocycles. The number of imidazole rings is 1. The molecule has 2 amide bonds. The van der Waals surface area contributed by atoms with Crippen molar-refractivity contribution in [3.63, 3.8) is 0 Å². The maximum absolute atomic E-state index is 12.7. The fraction of sp³-hybridized carbons (Fsp3) is 0.238. The number of hydrogen-bond donors (Lipinski definition) is 1. The Hall–Kier alpha value is -3.68. The van der Waals surface area contributed by atoms with E-state index >= 15 is 0 Å². The average molecular weight is 393 g/mol. The van der Waals surface area contributed by atoms with Gasteiger partial charge in [-0.2, -0.15) is 0 Å². The van der Waals surface area contributed by atoms with Crippen LogP contribution in [0.4, 0.5) is 10.5 Å². The zero-order chi connectivity index (χ0) is 21.0. The van der Waals surface area contributed by atoms with Gasteiger partial charge in [-0.25, -0.2) is 9.78 Å². The number of carbonyl (C=O) groups excluding carboxylic acids is 1. The first-order valence-corrected chi connectivity index (χ1v) is 9.23. The van der Waals surface area contributed by atoms with Crippen molar-refractivity contribution in [1.82, 2.24) is 19.8 Å². The van der Waals surface area contributed by atoms with Crippen LogP contribution in [-0.4, -0.2) is 32.5 Å². The van der Waals surface area contributed by atoms with E-state index in [-0.39, 0.29) is 23.8 Å². The minimum atomic E-state index is -0.439. The molecule has 150 valence electrons. The van der Waals surface area contributed by atoms with Gasteiger partial charge in [-0.05, 0) is 37.1 Å². The summed E-state index contributed by atoms with van der Waals surface area (Å²) < 4.78 is 1.90. The second-order valence-corrected chi connectivity index (χ2v) is 6.87.